The van der Waals surface area contributed by atoms with E-state index in [1.807, 2.05) is 4.90 Å². The topological polar surface area (TPSA) is 91.8 Å². The molecule has 0 N–H and O–H groups in total. The molecule has 10 heteroatoms. The van der Waals surface area contributed by atoms with Gasteiger partial charge in [0.25, 0.3) is 0 Å². The lowest BCUT2D eigenvalue weighted by Gasteiger charge is -2.38. The van der Waals surface area contributed by atoms with Crippen molar-refractivity contribution < 1.29 is 21.6 Å². The molecule has 0 unspecified atom stereocenters. The van der Waals surface area contributed by atoms with Gasteiger partial charge in [-0.1, -0.05) is 6.07 Å². The molecule has 0 bridgehead atoms. The van der Waals surface area contributed by atoms with Gasteiger partial charge in [0.15, 0.2) is 19.7 Å². The van der Waals surface area contributed by atoms with Crippen molar-refractivity contribution in [2.45, 2.75) is 22.4 Å². The van der Waals surface area contributed by atoms with E-state index in [0.29, 0.717) is 26.2 Å². The third-order valence-electron chi connectivity index (χ3n) is 4.67. The Labute approximate surface area is 146 Å². The minimum Gasteiger partial charge on any atom is -0.340 e. The molecule has 2 aliphatic rings. The highest BCUT2D eigenvalue weighted by Gasteiger charge is 2.48. The van der Waals surface area contributed by atoms with Crippen LogP contribution in [0.15, 0.2) is 21.7 Å². The molecular weight excluding hydrogens is 372 g/mol. The van der Waals surface area contributed by atoms with Gasteiger partial charge in [-0.25, -0.2) is 16.8 Å². The minimum absolute atomic E-state index is 0.0172. The largest absolute Gasteiger partial charge is 0.340 e. The van der Waals surface area contributed by atoms with Crippen LogP contribution in [0.1, 0.15) is 6.92 Å². The van der Waals surface area contributed by atoms with Crippen molar-refractivity contribution in [2.24, 2.45) is 0 Å². The molecule has 24 heavy (non-hydrogen) atoms. The highest BCUT2D eigenvalue weighted by molar-refractivity contribution is 7.97. The molecule has 3 rings (SSSR count). The van der Waals surface area contributed by atoms with Gasteiger partial charge in [0, 0.05) is 39.1 Å². The van der Waals surface area contributed by atoms with Crippen LogP contribution in [-0.2, 0) is 24.5 Å². The van der Waals surface area contributed by atoms with Gasteiger partial charge in [0.05, 0.1) is 16.8 Å². The standard InChI is InChI=1S/C14H20N2O5S3/c1-11(17)15-4-6-16(7-5-15)12-9-23(18,19)10-13(12)24(20,21)14-3-2-8-22-14/h2-3,8,12-13H,4-7,9-10H2,1H3/t12-,13-/m0/s1. The van der Waals surface area contributed by atoms with Crippen LogP contribution in [0.4, 0.5) is 0 Å². The van der Waals surface area contributed by atoms with Crippen LogP contribution in [0.5, 0.6) is 0 Å². The highest BCUT2D eigenvalue weighted by atomic mass is 32.2. The first-order chi connectivity index (χ1) is 11.2. The SMILES string of the molecule is CC(=O)N1CCN([C@H]2CS(=O)(=O)C[C@@H]2S(=O)(=O)c2cccs2)CC1. The van der Waals surface area contributed by atoms with Gasteiger partial charge in [-0.15, -0.1) is 11.3 Å². The molecule has 134 valence electrons. The van der Waals surface area contributed by atoms with Gasteiger partial charge in [-0.2, -0.15) is 0 Å². The maximum atomic E-state index is 12.9. The van der Waals surface area contributed by atoms with Crippen molar-refractivity contribution >= 4 is 36.9 Å². The van der Waals surface area contributed by atoms with E-state index in [-0.39, 0.29) is 21.6 Å². The Morgan fingerprint density at radius 3 is 2.42 bits per heavy atom. The molecule has 1 amide bonds. The first-order valence-corrected chi connectivity index (χ1v) is 11.9. The summed E-state index contributed by atoms with van der Waals surface area (Å²) in [5.74, 6) is -0.482. The first-order valence-electron chi connectivity index (χ1n) is 7.68. The quantitative estimate of drug-likeness (QED) is 0.711. The van der Waals surface area contributed by atoms with E-state index in [1.54, 1.807) is 16.3 Å². The summed E-state index contributed by atoms with van der Waals surface area (Å²) in [5, 5.41) is 0.738. The van der Waals surface area contributed by atoms with Crippen LogP contribution in [0, 0.1) is 0 Å². The summed E-state index contributed by atoms with van der Waals surface area (Å²) < 4.78 is 50.2. The van der Waals surface area contributed by atoms with Crippen molar-refractivity contribution in [2.75, 3.05) is 37.7 Å². The number of nitrogens with zero attached hydrogens (tertiary/aromatic N) is 2. The molecule has 2 atom stereocenters. The number of sulfone groups is 2. The number of amides is 1. The van der Waals surface area contributed by atoms with E-state index < -0.39 is 31.0 Å². The summed E-state index contributed by atoms with van der Waals surface area (Å²) in [4.78, 5) is 15.0. The predicted octanol–water partition coefficient (Wildman–Crippen LogP) is -0.148. The third kappa shape index (κ3) is 3.37. The van der Waals surface area contributed by atoms with Gasteiger partial charge in [0.2, 0.25) is 5.91 Å². The number of hydrogen-bond donors (Lipinski definition) is 0. The Morgan fingerprint density at radius 1 is 1.21 bits per heavy atom. The molecule has 3 heterocycles. The maximum absolute atomic E-state index is 12.9. The lowest BCUT2D eigenvalue weighted by molar-refractivity contribution is -0.130. The zero-order chi connectivity index (χ0) is 17.5. The second-order valence-electron chi connectivity index (χ2n) is 6.20. The number of thiophene rings is 1. The molecule has 2 saturated heterocycles. The lowest BCUT2D eigenvalue weighted by Crippen LogP contribution is -2.55. The van der Waals surface area contributed by atoms with Crippen LogP contribution in [-0.4, -0.2) is 81.5 Å². The fourth-order valence-electron chi connectivity index (χ4n) is 3.38. The molecule has 1 aromatic heterocycles. The number of hydrogen-bond acceptors (Lipinski definition) is 7. The van der Waals surface area contributed by atoms with Gasteiger partial charge in [-0.3, -0.25) is 9.69 Å². The second-order valence-corrected chi connectivity index (χ2v) is 11.7. The van der Waals surface area contributed by atoms with E-state index in [9.17, 15) is 21.6 Å². The zero-order valence-corrected chi connectivity index (χ0v) is 15.7. The first kappa shape index (κ1) is 17.8. The average molecular weight is 393 g/mol. The van der Waals surface area contributed by atoms with Crippen LogP contribution in [0.2, 0.25) is 0 Å². The Hall–Kier alpha value is -0.970. The fourth-order valence-corrected chi connectivity index (χ4v) is 9.43. The van der Waals surface area contributed by atoms with Crippen LogP contribution < -0.4 is 0 Å². The van der Waals surface area contributed by atoms with Gasteiger partial charge in [-0.05, 0) is 11.4 Å². The molecule has 1 aromatic rings. The Bertz CT molecular complexity index is 809. The highest BCUT2D eigenvalue weighted by Crippen LogP contribution is 2.31. The van der Waals surface area contributed by atoms with Crippen molar-refractivity contribution in [3.8, 4) is 0 Å². The average Bonchev–Trinajstić information content (AvgIpc) is 3.15. The lowest BCUT2D eigenvalue weighted by atomic mass is 10.2. The molecule has 0 aliphatic carbocycles. The van der Waals surface area contributed by atoms with Crippen LogP contribution >= 0.6 is 11.3 Å². The van der Waals surface area contributed by atoms with Crippen LogP contribution in [0.3, 0.4) is 0 Å². The van der Waals surface area contributed by atoms with Gasteiger partial charge in [0.1, 0.15) is 4.21 Å². The van der Waals surface area contributed by atoms with Crippen molar-refractivity contribution in [3.63, 3.8) is 0 Å². The minimum atomic E-state index is -3.68. The molecular formula is C14H20N2O5S3. The number of rotatable bonds is 3. The predicted molar refractivity (Wildman–Crippen MR) is 91.6 cm³/mol. The summed E-state index contributed by atoms with van der Waals surface area (Å²) in [6.07, 6.45) is 0. The van der Waals surface area contributed by atoms with E-state index in [0.717, 1.165) is 11.3 Å². The summed E-state index contributed by atoms with van der Waals surface area (Å²) in [5.41, 5.74) is 0. The summed E-state index contributed by atoms with van der Waals surface area (Å²) in [7, 11) is -7.07. The maximum Gasteiger partial charge on any atom is 0.219 e. The third-order valence-corrected chi connectivity index (χ3v) is 10.2. The molecule has 0 radical (unpaired) electrons. The van der Waals surface area contributed by atoms with Crippen molar-refractivity contribution in [1.82, 2.24) is 9.80 Å². The summed E-state index contributed by atoms with van der Waals surface area (Å²) >= 11 is 1.12. The zero-order valence-electron chi connectivity index (χ0n) is 13.3. The molecule has 2 aliphatic heterocycles. The van der Waals surface area contributed by atoms with Gasteiger partial charge < -0.3 is 4.90 Å². The Balaban J connectivity index is 1.85. The Morgan fingerprint density at radius 2 is 1.88 bits per heavy atom. The molecule has 2 fully saturated rings. The van der Waals surface area contributed by atoms with E-state index >= 15 is 0 Å². The number of carbonyl (C=O) groups excluding carboxylic acids is 1. The van der Waals surface area contributed by atoms with Crippen molar-refractivity contribution in [3.05, 3.63) is 17.5 Å². The molecule has 7 nitrogen and oxygen atoms in total. The molecule has 0 aromatic carbocycles. The smallest absolute Gasteiger partial charge is 0.219 e. The van der Waals surface area contributed by atoms with E-state index in [1.165, 1.54) is 13.0 Å². The molecule has 0 spiro atoms. The fraction of sp³-hybridized carbons (Fsp3) is 0.643. The number of carbonyl (C=O) groups is 1. The number of piperazine rings is 1. The van der Waals surface area contributed by atoms with Crippen molar-refractivity contribution in [1.29, 1.82) is 0 Å². The second kappa shape index (κ2) is 6.40. The summed E-state index contributed by atoms with van der Waals surface area (Å²) in [6, 6.07) is 2.63. The molecule has 0 saturated carbocycles. The summed E-state index contributed by atoms with van der Waals surface area (Å²) in [6.45, 7) is 3.49. The van der Waals surface area contributed by atoms with Gasteiger partial charge >= 0.3 is 0 Å². The monoisotopic (exact) mass is 392 g/mol. The Kier molecular flexibility index (Phi) is 4.75. The van der Waals surface area contributed by atoms with E-state index in [2.05, 4.69) is 0 Å². The van der Waals surface area contributed by atoms with Crippen LogP contribution in [0.25, 0.3) is 0 Å². The normalized spacial score (nSPS) is 28.1. The van der Waals surface area contributed by atoms with E-state index in [4.69, 9.17) is 0 Å².